The van der Waals surface area contributed by atoms with E-state index >= 15 is 0 Å². The number of β-amino-alcohol motifs (C(OH)–C–C–N with tert-alkyl or cyclic N) is 1. The molecule has 0 saturated carbocycles. The number of aliphatic hydroxyl groups excluding tert-OH is 1. The Morgan fingerprint density at radius 3 is 2.29 bits per heavy atom. The first-order chi connectivity index (χ1) is 30.8. The Bertz CT molecular complexity index is 2910. The molecule has 0 spiro atoms. The fourth-order valence-corrected chi connectivity index (χ4v) is 8.99. The maximum Gasteiger partial charge on any atom is 0.163 e. The first kappa shape index (κ1) is 40.5. The van der Waals surface area contributed by atoms with Gasteiger partial charge in [-0.15, -0.1) is 0 Å². The first-order valence-corrected chi connectivity index (χ1v) is 21.8. The van der Waals surface area contributed by atoms with E-state index in [4.69, 9.17) is 19.2 Å². The molecule has 63 heavy (non-hydrogen) atoms. The van der Waals surface area contributed by atoms with Crippen molar-refractivity contribution in [2.45, 2.75) is 45.1 Å². The van der Waals surface area contributed by atoms with E-state index < -0.39 is 6.10 Å². The lowest BCUT2D eigenvalue weighted by Gasteiger charge is -2.32. The second-order valence-electron chi connectivity index (χ2n) is 17.0. The van der Waals surface area contributed by atoms with E-state index in [1.165, 1.54) is 27.8 Å². The summed E-state index contributed by atoms with van der Waals surface area (Å²) in [6.45, 7) is 7.26. The number of ether oxygens (including phenoxy) is 3. The van der Waals surface area contributed by atoms with Crippen molar-refractivity contribution in [3.63, 3.8) is 0 Å². The molecule has 0 aliphatic carbocycles. The fourth-order valence-electron chi connectivity index (χ4n) is 8.99. The Hall–Kier alpha value is -6.60. The lowest BCUT2D eigenvalue weighted by Crippen LogP contribution is -2.41. The van der Waals surface area contributed by atoms with Gasteiger partial charge in [0.25, 0.3) is 0 Å². The van der Waals surface area contributed by atoms with Crippen LogP contribution in [0.4, 0.5) is 0 Å². The molecule has 5 aromatic carbocycles. The standard InChI is InChI=1S/C51H52N8O4/c1-34-8-6-11-36-17-19-59(29-46(34)36)27-41(60)30-61-43-21-40(37-14-15-47-49(23-37)56(2)32-53-47)22-44(24-43)63-45(28-58-18-16-35-9-4-5-10-39(35)26-58)31-62-42-13-7-12-38(20-42)50-52-25-48-51(55-50)57(3)33-54-48/h4-15,20-25,32-33,41,45,60H,16-19,26-31H2,1-3H3. The molecule has 2 unspecified atom stereocenters. The highest BCUT2D eigenvalue weighted by Gasteiger charge is 2.24. The predicted octanol–water partition coefficient (Wildman–Crippen LogP) is 7.58. The molecule has 10 rings (SSSR count). The van der Waals surface area contributed by atoms with Crippen molar-refractivity contribution < 1.29 is 19.3 Å². The van der Waals surface area contributed by atoms with Gasteiger partial charge in [0.15, 0.2) is 11.5 Å². The molecule has 0 fully saturated rings. The van der Waals surface area contributed by atoms with Crippen molar-refractivity contribution in [3.8, 4) is 39.8 Å². The zero-order valence-electron chi connectivity index (χ0n) is 36.0. The predicted molar refractivity (Wildman–Crippen MR) is 245 cm³/mol. The summed E-state index contributed by atoms with van der Waals surface area (Å²) in [5.74, 6) is 2.58. The van der Waals surface area contributed by atoms with Crippen molar-refractivity contribution >= 4 is 22.2 Å². The summed E-state index contributed by atoms with van der Waals surface area (Å²) in [6, 6.07) is 35.4. The van der Waals surface area contributed by atoms with Crippen LogP contribution >= 0.6 is 0 Å². The highest BCUT2D eigenvalue weighted by Crippen LogP contribution is 2.33. The summed E-state index contributed by atoms with van der Waals surface area (Å²) < 4.78 is 23.9. The molecule has 5 heterocycles. The molecule has 0 bridgehead atoms. The van der Waals surface area contributed by atoms with Gasteiger partial charge in [0.1, 0.15) is 48.2 Å². The molecule has 0 amide bonds. The van der Waals surface area contributed by atoms with E-state index in [0.717, 1.165) is 77.9 Å². The largest absolute Gasteiger partial charge is 0.491 e. The van der Waals surface area contributed by atoms with Crippen LogP contribution in [0.25, 0.3) is 44.7 Å². The fraction of sp³-hybridized carbons (Fsp3) is 0.294. The van der Waals surface area contributed by atoms with Crippen molar-refractivity contribution in [2.24, 2.45) is 14.1 Å². The summed E-state index contributed by atoms with van der Waals surface area (Å²) >= 11 is 0. The molecule has 0 saturated heterocycles. The highest BCUT2D eigenvalue weighted by molar-refractivity contribution is 5.82. The monoisotopic (exact) mass is 840 g/mol. The molecular formula is C51H52N8O4. The van der Waals surface area contributed by atoms with Gasteiger partial charge in [-0.25, -0.2) is 19.9 Å². The lowest BCUT2D eigenvalue weighted by molar-refractivity contribution is 0.0630. The average Bonchev–Trinajstić information content (AvgIpc) is 3.88. The van der Waals surface area contributed by atoms with E-state index in [0.29, 0.717) is 42.8 Å². The minimum atomic E-state index is -0.676. The van der Waals surface area contributed by atoms with Crippen LogP contribution in [0.1, 0.15) is 27.8 Å². The van der Waals surface area contributed by atoms with Crippen molar-refractivity contribution in [1.82, 2.24) is 38.9 Å². The third kappa shape index (κ3) is 9.01. The highest BCUT2D eigenvalue weighted by atomic mass is 16.5. The Balaban J connectivity index is 0.913. The molecule has 3 aromatic heterocycles. The van der Waals surface area contributed by atoms with Gasteiger partial charge in [-0.3, -0.25) is 9.80 Å². The van der Waals surface area contributed by atoms with Gasteiger partial charge < -0.3 is 28.5 Å². The lowest BCUT2D eigenvalue weighted by atomic mass is 9.95. The number of imidazole rings is 2. The molecule has 2 aliphatic rings. The smallest absolute Gasteiger partial charge is 0.163 e. The number of aryl methyl sites for hydroxylation is 3. The van der Waals surface area contributed by atoms with Gasteiger partial charge >= 0.3 is 0 Å². The SMILES string of the molecule is Cc1cccc2c1CN(CC(O)COc1cc(OC(COc3cccc(-c4ncc5ncn(C)c5n4)c3)CN3CCc4ccccc4C3)cc(-c3ccc4ncn(C)c4c3)c1)CC2. The molecule has 12 nitrogen and oxygen atoms in total. The van der Waals surface area contributed by atoms with Crippen molar-refractivity contribution in [1.29, 1.82) is 0 Å². The normalized spacial score (nSPS) is 15.2. The summed E-state index contributed by atoms with van der Waals surface area (Å²) in [7, 11) is 3.93. The third-order valence-corrected chi connectivity index (χ3v) is 12.4. The van der Waals surface area contributed by atoms with Crippen LogP contribution in [0.15, 0.2) is 122 Å². The number of aromatic nitrogens is 6. The number of benzene rings is 5. The van der Waals surface area contributed by atoms with E-state index in [1.807, 2.05) is 72.0 Å². The van der Waals surface area contributed by atoms with E-state index in [2.05, 4.69) is 92.3 Å². The quantitative estimate of drug-likeness (QED) is 0.118. The molecule has 320 valence electrons. The number of fused-ring (bicyclic) bond motifs is 4. The van der Waals surface area contributed by atoms with E-state index in [9.17, 15) is 5.11 Å². The zero-order chi connectivity index (χ0) is 42.9. The van der Waals surface area contributed by atoms with Crippen LogP contribution in [0.2, 0.25) is 0 Å². The maximum atomic E-state index is 11.3. The Labute approximate surface area is 367 Å². The van der Waals surface area contributed by atoms with Crippen LogP contribution in [0.5, 0.6) is 17.2 Å². The Morgan fingerprint density at radius 2 is 1.38 bits per heavy atom. The number of aliphatic hydroxyl groups is 1. The summed E-state index contributed by atoms with van der Waals surface area (Å²) in [6.07, 6.45) is 6.26. The first-order valence-electron chi connectivity index (χ1n) is 21.8. The van der Waals surface area contributed by atoms with Crippen molar-refractivity contribution in [3.05, 3.63) is 150 Å². The van der Waals surface area contributed by atoms with Gasteiger partial charge in [0.2, 0.25) is 0 Å². The van der Waals surface area contributed by atoms with E-state index in [-0.39, 0.29) is 12.7 Å². The second-order valence-corrected chi connectivity index (χ2v) is 17.0. The molecule has 12 heteroatoms. The van der Waals surface area contributed by atoms with Crippen LogP contribution in [-0.2, 0) is 40.0 Å². The summed E-state index contributed by atoms with van der Waals surface area (Å²) in [5.41, 5.74) is 13.1. The summed E-state index contributed by atoms with van der Waals surface area (Å²) in [5, 5.41) is 11.3. The Kier molecular flexibility index (Phi) is 11.3. The van der Waals surface area contributed by atoms with Crippen LogP contribution < -0.4 is 14.2 Å². The van der Waals surface area contributed by atoms with Gasteiger partial charge in [-0.2, -0.15) is 0 Å². The minimum Gasteiger partial charge on any atom is -0.491 e. The number of hydrogen-bond donors (Lipinski definition) is 1. The van der Waals surface area contributed by atoms with Crippen molar-refractivity contribution in [2.75, 3.05) is 39.4 Å². The Morgan fingerprint density at radius 1 is 0.635 bits per heavy atom. The molecule has 2 aliphatic heterocycles. The molecule has 1 N–H and O–H groups in total. The van der Waals surface area contributed by atoms with Gasteiger partial charge in [0.05, 0.1) is 29.9 Å². The van der Waals surface area contributed by atoms with Crippen LogP contribution in [-0.4, -0.2) is 95.6 Å². The second kappa shape index (κ2) is 17.6. The number of hydrogen-bond acceptors (Lipinski definition) is 10. The molecule has 8 aromatic rings. The third-order valence-electron chi connectivity index (χ3n) is 12.4. The molecular weight excluding hydrogens is 789 g/mol. The number of nitrogens with zero attached hydrogens (tertiary/aromatic N) is 8. The maximum absolute atomic E-state index is 11.3. The zero-order valence-corrected chi connectivity index (χ0v) is 36.0. The summed E-state index contributed by atoms with van der Waals surface area (Å²) in [4.78, 5) is 23.1. The minimum absolute atomic E-state index is 0.147. The van der Waals surface area contributed by atoms with Gasteiger partial charge in [0, 0.05) is 65.0 Å². The molecule has 2 atom stereocenters. The van der Waals surface area contributed by atoms with Gasteiger partial charge in [-0.1, -0.05) is 60.7 Å². The number of rotatable bonds is 14. The van der Waals surface area contributed by atoms with Crippen LogP contribution in [0.3, 0.4) is 0 Å². The topological polar surface area (TPSA) is 116 Å². The van der Waals surface area contributed by atoms with Crippen LogP contribution in [0, 0.1) is 6.92 Å². The van der Waals surface area contributed by atoms with Gasteiger partial charge in [-0.05, 0) is 95.1 Å². The molecule has 0 radical (unpaired) electrons. The van der Waals surface area contributed by atoms with E-state index in [1.54, 1.807) is 12.5 Å². The average molecular weight is 841 g/mol.